The quantitative estimate of drug-likeness (QED) is 0.579. The molecule has 2 aromatic carbocycles. The Bertz CT molecular complexity index is 1070. The van der Waals surface area contributed by atoms with Crippen LogP contribution in [-0.2, 0) is 4.79 Å². The largest absolute Gasteiger partial charge is 0.349 e. The van der Waals surface area contributed by atoms with Crippen LogP contribution in [0.1, 0.15) is 35.7 Å². The number of hydrogen-bond acceptors (Lipinski definition) is 5. The summed E-state index contributed by atoms with van der Waals surface area (Å²) in [6, 6.07) is 15.0. The molecule has 0 spiro atoms. The molecule has 0 bridgehead atoms. The molecule has 0 saturated heterocycles. The fourth-order valence-electron chi connectivity index (χ4n) is 2.95. The topological polar surface area (TPSA) is 96.0 Å². The third kappa shape index (κ3) is 4.81. The predicted molar refractivity (Wildman–Crippen MR) is 117 cm³/mol. The van der Waals surface area contributed by atoms with E-state index in [9.17, 15) is 9.59 Å². The fourth-order valence-corrected chi connectivity index (χ4v) is 2.95. The van der Waals surface area contributed by atoms with E-state index in [-0.39, 0.29) is 11.8 Å². The van der Waals surface area contributed by atoms with E-state index in [0.717, 1.165) is 35.3 Å². The number of benzene rings is 2. The summed E-state index contributed by atoms with van der Waals surface area (Å²) in [6.45, 7) is 3.41. The van der Waals surface area contributed by atoms with Crippen LogP contribution in [0.4, 0.5) is 17.2 Å². The molecule has 1 aliphatic rings. The minimum Gasteiger partial charge on any atom is -0.349 e. The number of hydrogen-bond donors (Lipinski definition) is 3. The first kappa shape index (κ1) is 19.6. The van der Waals surface area contributed by atoms with Crippen LogP contribution < -0.4 is 16.0 Å². The van der Waals surface area contributed by atoms with Gasteiger partial charge in [0.15, 0.2) is 5.82 Å². The van der Waals surface area contributed by atoms with E-state index in [0.29, 0.717) is 23.2 Å². The minimum atomic E-state index is -0.108. The highest BCUT2D eigenvalue weighted by Gasteiger charge is 2.23. The summed E-state index contributed by atoms with van der Waals surface area (Å²) in [4.78, 5) is 32.4. The Morgan fingerprint density at radius 2 is 1.63 bits per heavy atom. The van der Waals surface area contributed by atoms with Gasteiger partial charge in [-0.1, -0.05) is 12.1 Å². The zero-order chi connectivity index (χ0) is 21.1. The molecule has 1 fully saturated rings. The molecule has 3 aromatic rings. The van der Waals surface area contributed by atoms with E-state index < -0.39 is 0 Å². The highest BCUT2D eigenvalue weighted by atomic mass is 16.2. The summed E-state index contributed by atoms with van der Waals surface area (Å²) in [5, 5.41) is 9.02. The molecular weight excluding hydrogens is 378 g/mol. The third-order valence-corrected chi connectivity index (χ3v) is 4.76. The van der Waals surface area contributed by atoms with Crippen molar-refractivity contribution in [2.45, 2.75) is 32.7 Å². The summed E-state index contributed by atoms with van der Waals surface area (Å²) < 4.78 is 0. The third-order valence-electron chi connectivity index (χ3n) is 4.76. The lowest BCUT2D eigenvalue weighted by atomic mass is 10.1. The SMILES string of the molecule is CC(=O)Nc1ccc(Nc2nc(-c3ccc(C(=O)NC4CC4)cc3)ncc2C)cc1. The van der Waals surface area contributed by atoms with Crippen molar-refractivity contribution in [3.8, 4) is 11.4 Å². The summed E-state index contributed by atoms with van der Waals surface area (Å²) in [6.07, 6.45) is 3.89. The van der Waals surface area contributed by atoms with Gasteiger partial charge in [0.2, 0.25) is 5.91 Å². The smallest absolute Gasteiger partial charge is 0.251 e. The van der Waals surface area contributed by atoms with Gasteiger partial charge in [-0.05, 0) is 56.2 Å². The first-order chi connectivity index (χ1) is 14.5. The molecule has 0 atom stereocenters. The molecule has 3 N–H and O–H groups in total. The molecule has 1 aromatic heterocycles. The van der Waals surface area contributed by atoms with Crippen LogP contribution in [0.15, 0.2) is 54.7 Å². The second-order valence-electron chi connectivity index (χ2n) is 7.43. The second kappa shape index (κ2) is 8.32. The Morgan fingerprint density at radius 3 is 2.27 bits per heavy atom. The average molecular weight is 401 g/mol. The molecular formula is C23H23N5O2. The van der Waals surface area contributed by atoms with Gasteiger partial charge >= 0.3 is 0 Å². The number of rotatable bonds is 6. The first-order valence-corrected chi connectivity index (χ1v) is 9.87. The molecule has 2 amide bonds. The van der Waals surface area contributed by atoms with Crippen LogP contribution in [-0.4, -0.2) is 27.8 Å². The van der Waals surface area contributed by atoms with Crippen molar-refractivity contribution in [3.05, 3.63) is 65.9 Å². The molecule has 1 heterocycles. The van der Waals surface area contributed by atoms with Crippen LogP contribution in [0.3, 0.4) is 0 Å². The summed E-state index contributed by atoms with van der Waals surface area (Å²) in [5.41, 5.74) is 3.96. The molecule has 1 aliphatic carbocycles. The van der Waals surface area contributed by atoms with Gasteiger partial charge in [0.25, 0.3) is 5.91 Å². The molecule has 30 heavy (non-hydrogen) atoms. The maximum atomic E-state index is 12.2. The normalized spacial score (nSPS) is 12.9. The Balaban J connectivity index is 1.50. The van der Waals surface area contributed by atoms with E-state index in [2.05, 4.69) is 25.9 Å². The van der Waals surface area contributed by atoms with Crippen LogP contribution in [0, 0.1) is 6.92 Å². The standard InChI is InChI=1S/C23H23N5O2/c1-14-13-24-22(16-3-5-17(6-4-16)23(30)27-20-11-12-20)28-21(14)26-19-9-7-18(8-10-19)25-15(2)29/h3-10,13,20H,11-12H2,1-2H3,(H,25,29)(H,27,30)(H,24,26,28). The van der Waals surface area contributed by atoms with Crippen LogP contribution in [0.5, 0.6) is 0 Å². The van der Waals surface area contributed by atoms with E-state index >= 15 is 0 Å². The monoisotopic (exact) mass is 401 g/mol. The number of aromatic nitrogens is 2. The molecule has 4 rings (SSSR count). The number of nitrogens with zero attached hydrogens (tertiary/aromatic N) is 2. The fraction of sp³-hybridized carbons (Fsp3) is 0.217. The van der Waals surface area contributed by atoms with Crippen LogP contribution in [0.25, 0.3) is 11.4 Å². The van der Waals surface area contributed by atoms with Gasteiger partial charge in [-0.25, -0.2) is 9.97 Å². The maximum Gasteiger partial charge on any atom is 0.251 e. The van der Waals surface area contributed by atoms with Crippen LogP contribution >= 0.6 is 0 Å². The molecule has 0 unspecified atom stereocenters. The molecule has 0 radical (unpaired) electrons. The van der Waals surface area contributed by atoms with Gasteiger partial charge in [-0.2, -0.15) is 0 Å². The number of nitrogens with one attached hydrogen (secondary N) is 3. The maximum absolute atomic E-state index is 12.2. The summed E-state index contributed by atoms with van der Waals surface area (Å²) in [5.74, 6) is 1.12. The van der Waals surface area contributed by atoms with Crippen molar-refractivity contribution < 1.29 is 9.59 Å². The average Bonchev–Trinajstić information content (AvgIpc) is 3.55. The van der Waals surface area contributed by atoms with Crippen molar-refractivity contribution in [2.75, 3.05) is 10.6 Å². The number of anilines is 3. The second-order valence-corrected chi connectivity index (χ2v) is 7.43. The number of carbonyl (C=O) groups excluding carboxylic acids is 2. The zero-order valence-electron chi connectivity index (χ0n) is 16.9. The molecule has 0 aliphatic heterocycles. The van der Waals surface area contributed by atoms with E-state index in [1.165, 1.54) is 6.92 Å². The molecule has 7 nitrogen and oxygen atoms in total. The number of amides is 2. The van der Waals surface area contributed by atoms with Crippen molar-refractivity contribution in [3.63, 3.8) is 0 Å². The van der Waals surface area contributed by atoms with Gasteiger partial charge in [0, 0.05) is 47.2 Å². The highest BCUT2D eigenvalue weighted by molar-refractivity contribution is 5.95. The Hall–Kier alpha value is -3.74. The van der Waals surface area contributed by atoms with E-state index in [1.807, 2.05) is 43.3 Å². The van der Waals surface area contributed by atoms with Gasteiger partial charge in [0.05, 0.1) is 0 Å². The lowest BCUT2D eigenvalue weighted by molar-refractivity contribution is -0.114. The number of aryl methyl sites for hydroxylation is 1. The predicted octanol–water partition coefficient (Wildman–Crippen LogP) is 4.05. The van der Waals surface area contributed by atoms with Gasteiger partial charge in [-0.15, -0.1) is 0 Å². The molecule has 1 saturated carbocycles. The summed E-state index contributed by atoms with van der Waals surface area (Å²) >= 11 is 0. The highest BCUT2D eigenvalue weighted by Crippen LogP contribution is 2.24. The first-order valence-electron chi connectivity index (χ1n) is 9.87. The lowest BCUT2D eigenvalue weighted by Crippen LogP contribution is -2.25. The summed E-state index contributed by atoms with van der Waals surface area (Å²) in [7, 11) is 0. The van der Waals surface area contributed by atoms with Gasteiger partial charge in [-0.3, -0.25) is 9.59 Å². The minimum absolute atomic E-state index is 0.0426. The van der Waals surface area contributed by atoms with Crippen molar-refractivity contribution in [1.29, 1.82) is 0 Å². The Kier molecular flexibility index (Phi) is 5.43. The van der Waals surface area contributed by atoms with Gasteiger partial charge in [0.1, 0.15) is 5.82 Å². The van der Waals surface area contributed by atoms with Crippen molar-refractivity contribution >= 4 is 29.0 Å². The molecule has 152 valence electrons. The lowest BCUT2D eigenvalue weighted by Gasteiger charge is -2.11. The number of carbonyl (C=O) groups is 2. The zero-order valence-corrected chi connectivity index (χ0v) is 16.9. The Labute approximate surface area is 175 Å². The van der Waals surface area contributed by atoms with E-state index in [4.69, 9.17) is 0 Å². The molecule has 7 heteroatoms. The Morgan fingerprint density at radius 1 is 0.967 bits per heavy atom. The van der Waals surface area contributed by atoms with Crippen molar-refractivity contribution in [2.24, 2.45) is 0 Å². The van der Waals surface area contributed by atoms with E-state index in [1.54, 1.807) is 18.3 Å². The van der Waals surface area contributed by atoms with Gasteiger partial charge < -0.3 is 16.0 Å². The van der Waals surface area contributed by atoms with Crippen molar-refractivity contribution in [1.82, 2.24) is 15.3 Å². The van der Waals surface area contributed by atoms with Crippen LogP contribution in [0.2, 0.25) is 0 Å².